The van der Waals surface area contributed by atoms with Crippen molar-refractivity contribution in [2.45, 2.75) is 149 Å². The van der Waals surface area contributed by atoms with E-state index in [0.29, 0.717) is 19.5 Å². The Bertz CT molecular complexity index is 409. The van der Waals surface area contributed by atoms with Gasteiger partial charge in [-0.1, -0.05) is 97.1 Å². The summed E-state index contributed by atoms with van der Waals surface area (Å²) >= 11 is 0. The summed E-state index contributed by atoms with van der Waals surface area (Å²) in [5.41, 5.74) is 0. The number of nitrogens with zero attached hydrogens (tertiary/aromatic N) is 1. The van der Waals surface area contributed by atoms with Crippen LogP contribution in [0.15, 0.2) is 12.2 Å². The van der Waals surface area contributed by atoms with Gasteiger partial charge in [0.25, 0.3) is 0 Å². The van der Waals surface area contributed by atoms with Crippen molar-refractivity contribution in [2.75, 3.05) is 13.1 Å². The number of allylic oxidation sites excluding steroid dienone is 2. The molecule has 1 amide bonds. The second-order valence-electron chi connectivity index (χ2n) is 9.48. The van der Waals surface area contributed by atoms with E-state index < -0.39 is 4.65 Å². The molecule has 0 aromatic carbocycles. The zero-order valence-corrected chi connectivity index (χ0v) is 21.5. The molecule has 0 heterocycles. The molecule has 0 aromatic rings. The van der Waals surface area contributed by atoms with Crippen LogP contribution in [-0.2, 0) is 4.79 Å². The lowest BCUT2D eigenvalue weighted by molar-refractivity contribution is -0.805. The number of quaternary nitrogens is 1. The molecule has 31 heavy (non-hydrogen) atoms. The molecule has 3 nitrogen and oxygen atoms in total. The molecule has 0 saturated heterocycles. The maximum Gasteiger partial charge on any atom is 0.313 e. The Morgan fingerprint density at radius 3 is 1.45 bits per heavy atom. The Kier molecular flexibility index (Phi) is 22.0. The Balaban J connectivity index is 3.79. The van der Waals surface area contributed by atoms with Crippen molar-refractivity contribution in [1.82, 2.24) is 0 Å². The third-order valence-corrected chi connectivity index (χ3v) is 6.35. The molecule has 0 fully saturated rings. The van der Waals surface area contributed by atoms with E-state index in [2.05, 4.69) is 32.9 Å². The fourth-order valence-electron chi connectivity index (χ4n) is 4.15. The minimum absolute atomic E-state index is 0.0650. The van der Waals surface area contributed by atoms with Gasteiger partial charge in [0.2, 0.25) is 0 Å². The van der Waals surface area contributed by atoms with Crippen LogP contribution in [0.2, 0.25) is 0 Å². The number of hydrogen-bond acceptors (Lipinski definition) is 2. The SMILES string of the molecule is CCCCCCCCC=CCCCCCCCC(=O)[N+]([O-])(CCCCC)CCCCC. The lowest BCUT2D eigenvalue weighted by Crippen LogP contribution is -2.48. The van der Waals surface area contributed by atoms with Gasteiger partial charge in [0, 0.05) is 0 Å². The Labute approximate surface area is 195 Å². The van der Waals surface area contributed by atoms with Crippen LogP contribution in [0, 0.1) is 5.21 Å². The molecule has 0 rings (SSSR count). The first-order chi connectivity index (χ1) is 15.1. The van der Waals surface area contributed by atoms with Gasteiger partial charge >= 0.3 is 5.91 Å². The predicted octanol–water partition coefficient (Wildman–Crippen LogP) is 9.25. The fraction of sp³-hybridized carbons (Fsp3) is 0.893. The van der Waals surface area contributed by atoms with E-state index in [1.165, 1.54) is 70.6 Å². The first-order valence-electron chi connectivity index (χ1n) is 13.9. The summed E-state index contributed by atoms with van der Waals surface area (Å²) in [5, 5.41) is 13.1. The number of hydrogen-bond donors (Lipinski definition) is 0. The third-order valence-electron chi connectivity index (χ3n) is 6.35. The lowest BCUT2D eigenvalue weighted by atomic mass is 10.1. The van der Waals surface area contributed by atoms with Gasteiger partial charge in [0.05, 0.1) is 19.5 Å². The molecular formula is C28H55NO2. The van der Waals surface area contributed by atoms with E-state index in [-0.39, 0.29) is 5.91 Å². The van der Waals surface area contributed by atoms with Crippen molar-refractivity contribution in [3.05, 3.63) is 17.4 Å². The van der Waals surface area contributed by atoms with Crippen LogP contribution in [0.1, 0.15) is 149 Å². The Hall–Kier alpha value is -0.670. The van der Waals surface area contributed by atoms with Gasteiger partial charge in [0.15, 0.2) is 0 Å². The zero-order valence-electron chi connectivity index (χ0n) is 21.5. The van der Waals surface area contributed by atoms with Gasteiger partial charge < -0.3 is 5.21 Å². The van der Waals surface area contributed by atoms with Crippen LogP contribution in [0.4, 0.5) is 0 Å². The molecule has 3 heteroatoms. The predicted molar refractivity (Wildman–Crippen MR) is 137 cm³/mol. The molecular weight excluding hydrogens is 382 g/mol. The van der Waals surface area contributed by atoms with Crippen LogP contribution in [0.25, 0.3) is 0 Å². The van der Waals surface area contributed by atoms with E-state index in [0.717, 1.165) is 51.4 Å². The zero-order chi connectivity index (χ0) is 23.0. The average molecular weight is 438 g/mol. The van der Waals surface area contributed by atoms with Crippen molar-refractivity contribution >= 4 is 5.91 Å². The molecule has 0 aliphatic carbocycles. The minimum atomic E-state index is -0.566. The molecule has 0 unspecified atom stereocenters. The van der Waals surface area contributed by atoms with Crippen molar-refractivity contribution in [3.8, 4) is 0 Å². The fourth-order valence-corrected chi connectivity index (χ4v) is 4.15. The van der Waals surface area contributed by atoms with E-state index in [4.69, 9.17) is 0 Å². The van der Waals surface area contributed by atoms with Crippen LogP contribution in [-0.4, -0.2) is 23.6 Å². The van der Waals surface area contributed by atoms with E-state index in [1.807, 2.05) is 0 Å². The van der Waals surface area contributed by atoms with Gasteiger partial charge in [-0.15, -0.1) is 0 Å². The van der Waals surface area contributed by atoms with E-state index in [9.17, 15) is 10.0 Å². The summed E-state index contributed by atoms with van der Waals surface area (Å²) < 4.78 is -0.566. The number of carbonyl (C=O) groups is 1. The highest BCUT2D eigenvalue weighted by Crippen LogP contribution is 2.17. The smallest absolute Gasteiger partial charge is 0.313 e. The molecule has 0 aliphatic heterocycles. The number of rotatable bonds is 23. The largest absolute Gasteiger partial charge is 0.625 e. The minimum Gasteiger partial charge on any atom is -0.625 e. The molecule has 0 aromatic heterocycles. The maximum atomic E-state index is 13.1. The van der Waals surface area contributed by atoms with Crippen LogP contribution >= 0.6 is 0 Å². The summed E-state index contributed by atoms with van der Waals surface area (Å²) in [6.45, 7) is 7.53. The number of amides is 1. The molecule has 0 N–H and O–H groups in total. The Morgan fingerprint density at radius 1 is 0.581 bits per heavy atom. The summed E-state index contributed by atoms with van der Waals surface area (Å²) in [7, 11) is 0. The van der Waals surface area contributed by atoms with Crippen molar-refractivity contribution in [2.24, 2.45) is 0 Å². The highest BCUT2D eigenvalue weighted by Gasteiger charge is 2.25. The summed E-state index contributed by atoms with van der Waals surface area (Å²) in [6, 6.07) is 0. The highest BCUT2D eigenvalue weighted by molar-refractivity contribution is 5.69. The lowest BCUT2D eigenvalue weighted by Gasteiger charge is -2.40. The average Bonchev–Trinajstić information content (AvgIpc) is 2.76. The summed E-state index contributed by atoms with van der Waals surface area (Å²) in [6.07, 6.45) is 27.5. The third kappa shape index (κ3) is 18.6. The Morgan fingerprint density at radius 2 is 0.968 bits per heavy atom. The van der Waals surface area contributed by atoms with Crippen LogP contribution < -0.4 is 0 Å². The topological polar surface area (TPSA) is 40.1 Å². The molecule has 0 spiro atoms. The summed E-state index contributed by atoms with van der Waals surface area (Å²) in [5.74, 6) is -0.0650. The first-order valence-corrected chi connectivity index (χ1v) is 13.9. The van der Waals surface area contributed by atoms with Gasteiger partial charge in [-0.05, 0) is 57.8 Å². The molecule has 0 aliphatic rings. The molecule has 0 saturated carbocycles. The number of hydroxylamine groups is 3. The first kappa shape index (κ1) is 30.3. The normalized spacial score (nSPS) is 12.1. The van der Waals surface area contributed by atoms with Crippen LogP contribution in [0.5, 0.6) is 0 Å². The van der Waals surface area contributed by atoms with E-state index in [1.54, 1.807) is 0 Å². The van der Waals surface area contributed by atoms with E-state index >= 15 is 0 Å². The molecule has 184 valence electrons. The van der Waals surface area contributed by atoms with Gasteiger partial charge in [-0.2, -0.15) is 0 Å². The summed E-state index contributed by atoms with van der Waals surface area (Å²) in [4.78, 5) is 12.6. The number of carbonyl (C=O) groups excluding carboxylic acids is 1. The molecule has 0 bridgehead atoms. The van der Waals surface area contributed by atoms with Crippen molar-refractivity contribution in [1.29, 1.82) is 0 Å². The molecule has 0 atom stereocenters. The second-order valence-corrected chi connectivity index (χ2v) is 9.48. The molecule has 0 radical (unpaired) electrons. The highest BCUT2D eigenvalue weighted by atomic mass is 16.6. The van der Waals surface area contributed by atoms with Crippen molar-refractivity contribution < 1.29 is 9.44 Å². The van der Waals surface area contributed by atoms with Gasteiger partial charge in [0.1, 0.15) is 0 Å². The monoisotopic (exact) mass is 437 g/mol. The maximum absolute atomic E-state index is 13.1. The van der Waals surface area contributed by atoms with Crippen LogP contribution in [0.3, 0.4) is 0 Å². The van der Waals surface area contributed by atoms with Gasteiger partial charge in [-0.3, -0.25) is 4.65 Å². The standard InChI is InChI=1S/C28H55NO2/c1-4-7-10-11-12-13-14-15-16-17-18-19-20-21-22-25-28(30)29(31,26-23-8-5-2)27-24-9-6-3/h15-16H,4-14,17-27H2,1-3H3. The second kappa shape index (κ2) is 22.5. The number of unbranched alkanes of at least 4 members (excludes halogenated alkanes) is 15. The van der Waals surface area contributed by atoms with Crippen molar-refractivity contribution in [3.63, 3.8) is 0 Å². The quantitative estimate of drug-likeness (QED) is 0.0691. The van der Waals surface area contributed by atoms with Gasteiger partial charge in [-0.25, -0.2) is 4.79 Å².